The molecule has 8 nitrogen and oxygen atoms in total. The number of benzene rings is 2. The summed E-state index contributed by atoms with van der Waals surface area (Å²) in [6, 6.07) is 9.48. The van der Waals surface area contributed by atoms with Crippen LogP contribution in [0, 0.1) is 0 Å². The first kappa shape index (κ1) is 20.5. The molecule has 0 fully saturated rings. The van der Waals surface area contributed by atoms with E-state index in [9.17, 15) is 18.3 Å². The van der Waals surface area contributed by atoms with Crippen LogP contribution in [0.15, 0.2) is 41.3 Å². The van der Waals surface area contributed by atoms with Crippen LogP contribution in [0.25, 0.3) is 0 Å². The van der Waals surface area contributed by atoms with E-state index in [-0.39, 0.29) is 10.5 Å². The lowest BCUT2D eigenvalue weighted by atomic mass is 10.1. The zero-order valence-electron chi connectivity index (χ0n) is 15.3. The first-order valence-corrected chi connectivity index (χ1v) is 9.56. The SMILES string of the molecule is CNS(=O)(=O)c1ccc(NCCc2ccc(OC)c(OC)c2)c(C(=O)O)c1. The summed E-state index contributed by atoms with van der Waals surface area (Å²) in [4.78, 5) is 11.4. The Bertz CT molecular complexity index is 927. The molecular formula is C18H22N2O6S. The normalized spacial score (nSPS) is 11.1. The van der Waals surface area contributed by atoms with Gasteiger partial charge >= 0.3 is 5.97 Å². The number of hydrogen-bond acceptors (Lipinski definition) is 6. The van der Waals surface area contributed by atoms with Crippen molar-refractivity contribution in [3.05, 3.63) is 47.5 Å². The molecule has 0 heterocycles. The van der Waals surface area contributed by atoms with Gasteiger partial charge in [0.25, 0.3) is 0 Å². The summed E-state index contributed by atoms with van der Waals surface area (Å²) < 4.78 is 36.3. The van der Waals surface area contributed by atoms with Crippen LogP contribution in [0.1, 0.15) is 15.9 Å². The molecule has 0 unspecified atom stereocenters. The summed E-state index contributed by atoms with van der Waals surface area (Å²) in [5.74, 6) is 0.0309. The molecule has 0 amide bonds. The van der Waals surface area contributed by atoms with E-state index in [1.54, 1.807) is 20.3 Å². The summed E-state index contributed by atoms with van der Waals surface area (Å²) in [7, 11) is 0.669. The van der Waals surface area contributed by atoms with Gasteiger partial charge in [-0.2, -0.15) is 0 Å². The highest BCUT2D eigenvalue weighted by atomic mass is 32.2. The Balaban J connectivity index is 2.15. The van der Waals surface area contributed by atoms with E-state index < -0.39 is 16.0 Å². The van der Waals surface area contributed by atoms with Crippen LogP contribution >= 0.6 is 0 Å². The quantitative estimate of drug-likeness (QED) is 0.596. The number of anilines is 1. The number of rotatable bonds is 9. The largest absolute Gasteiger partial charge is 0.493 e. The van der Waals surface area contributed by atoms with Crippen LogP contribution in [0.3, 0.4) is 0 Å². The van der Waals surface area contributed by atoms with E-state index in [2.05, 4.69) is 10.0 Å². The zero-order valence-corrected chi connectivity index (χ0v) is 16.1. The minimum absolute atomic E-state index is 0.104. The average Bonchev–Trinajstić information content (AvgIpc) is 2.67. The Morgan fingerprint density at radius 1 is 1.07 bits per heavy atom. The molecule has 0 atom stereocenters. The van der Waals surface area contributed by atoms with Crippen molar-refractivity contribution in [1.82, 2.24) is 4.72 Å². The van der Waals surface area contributed by atoms with Crippen LogP contribution in [0.2, 0.25) is 0 Å². The van der Waals surface area contributed by atoms with E-state index >= 15 is 0 Å². The van der Waals surface area contributed by atoms with Crippen LogP contribution in [0.4, 0.5) is 5.69 Å². The second kappa shape index (κ2) is 8.74. The molecule has 0 aliphatic heterocycles. The smallest absolute Gasteiger partial charge is 0.337 e. The molecule has 0 aromatic heterocycles. The van der Waals surface area contributed by atoms with Crippen LogP contribution < -0.4 is 19.5 Å². The summed E-state index contributed by atoms with van der Waals surface area (Å²) >= 11 is 0. The second-order valence-electron chi connectivity index (χ2n) is 5.59. The van der Waals surface area contributed by atoms with Crippen LogP contribution in [0.5, 0.6) is 11.5 Å². The summed E-state index contributed by atoms with van der Waals surface area (Å²) in [5.41, 5.74) is 1.21. The van der Waals surface area contributed by atoms with Crippen molar-refractivity contribution in [3.63, 3.8) is 0 Å². The lowest BCUT2D eigenvalue weighted by molar-refractivity contribution is 0.0697. The Kier molecular flexibility index (Phi) is 6.65. The number of carboxylic acids is 1. The van der Waals surface area contributed by atoms with Crippen molar-refractivity contribution in [2.24, 2.45) is 0 Å². The van der Waals surface area contributed by atoms with Crippen LogP contribution in [-0.4, -0.2) is 47.3 Å². The number of sulfonamides is 1. The number of hydrogen-bond donors (Lipinski definition) is 3. The molecule has 0 saturated heterocycles. The third-order valence-electron chi connectivity index (χ3n) is 3.98. The molecule has 146 valence electrons. The topological polar surface area (TPSA) is 114 Å². The first-order valence-electron chi connectivity index (χ1n) is 8.08. The van der Waals surface area contributed by atoms with Gasteiger partial charge in [0.05, 0.1) is 24.7 Å². The maximum absolute atomic E-state index is 11.9. The number of methoxy groups -OCH3 is 2. The summed E-state index contributed by atoms with van der Waals surface area (Å²) in [6.07, 6.45) is 0.607. The van der Waals surface area contributed by atoms with E-state index in [4.69, 9.17) is 9.47 Å². The Labute approximate surface area is 158 Å². The monoisotopic (exact) mass is 394 g/mol. The van der Waals surface area contributed by atoms with Crippen molar-refractivity contribution in [3.8, 4) is 11.5 Å². The van der Waals surface area contributed by atoms with Gasteiger partial charge in [0.2, 0.25) is 10.0 Å². The molecule has 2 rings (SSSR count). The highest BCUT2D eigenvalue weighted by molar-refractivity contribution is 7.89. The Morgan fingerprint density at radius 3 is 2.37 bits per heavy atom. The molecule has 0 aliphatic carbocycles. The van der Waals surface area contributed by atoms with Crippen molar-refractivity contribution in [2.75, 3.05) is 33.1 Å². The maximum atomic E-state index is 11.9. The first-order chi connectivity index (χ1) is 12.8. The molecule has 0 bridgehead atoms. The van der Waals surface area contributed by atoms with Gasteiger partial charge in [-0.05, 0) is 49.4 Å². The maximum Gasteiger partial charge on any atom is 0.337 e. The van der Waals surface area contributed by atoms with Gasteiger partial charge in [-0.1, -0.05) is 6.07 Å². The minimum atomic E-state index is -3.72. The number of aromatic carboxylic acids is 1. The van der Waals surface area contributed by atoms with Gasteiger partial charge < -0.3 is 19.9 Å². The minimum Gasteiger partial charge on any atom is -0.493 e. The predicted octanol–water partition coefficient (Wildman–Crippen LogP) is 1.96. The molecule has 2 aromatic carbocycles. The molecule has 0 aliphatic rings. The van der Waals surface area contributed by atoms with E-state index in [1.165, 1.54) is 19.2 Å². The van der Waals surface area contributed by atoms with E-state index in [0.29, 0.717) is 30.2 Å². The van der Waals surface area contributed by atoms with Gasteiger partial charge in [-0.15, -0.1) is 0 Å². The van der Waals surface area contributed by atoms with Gasteiger partial charge in [0.1, 0.15) is 0 Å². The lowest BCUT2D eigenvalue weighted by Gasteiger charge is -2.13. The lowest BCUT2D eigenvalue weighted by Crippen LogP contribution is -2.19. The average molecular weight is 394 g/mol. The molecule has 27 heavy (non-hydrogen) atoms. The molecule has 2 aromatic rings. The fourth-order valence-corrected chi connectivity index (χ4v) is 3.27. The number of carboxylic acid groups (broad SMARTS) is 1. The van der Waals surface area contributed by atoms with Gasteiger partial charge in [-0.3, -0.25) is 0 Å². The molecule has 0 saturated carbocycles. The highest BCUT2D eigenvalue weighted by Gasteiger charge is 2.17. The van der Waals surface area contributed by atoms with Gasteiger partial charge in [0, 0.05) is 12.2 Å². The second-order valence-corrected chi connectivity index (χ2v) is 7.47. The van der Waals surface area contributed by atoms with Gasteiger partial charge in [-0.25, -0.2) is 17.9 Å². The highest BCUT2D eigenvalue weighted by Crippen LogP contribution is 2.28. The van der Waals surface area contributed by atoms with Crippen molar-refractivity contribution >= 4 is 21.7 Å². The predicted molar refractivity (Wildman–Crippen MR) is 101 cm³/mol. The molecule has 3 N–H and O–H groups in total. The number of nitrogens with one attached hydrogen (secondary N) is 2. The van der Waals surface area contributed by atoms with Crippen molar-refractivity contribution in [2.45, 2.75) is 11.3 Å². The van der Waals surface area contributed by atoms with Crippen LogP contribution in [-0.2, 0) is 16.4 Å². The van der Waals surface area contributed by atoms with Gasteiger partial charge in [0.15, 0.2) is 11.5 Å². The molecule has 0 spiro atoms. The standard InChI is InChI=1S/C18H22N2O6S/c1-19-27(23,24)13-5-6-15(14(11-13)18(21)22)20-9-8-12-4-7-16(25-2)17(10-12)26-3/h4-7,10-11,19-20H,8-9H2,1-3H3,(H,21,22). The summed E-state index contributed by atoms with van der Waals surface area (Å²) in [6.45, 7) is 0.452. The van der Waals surface area contributed by atoms with Crippen molar-refractivity contribution in [1.29, 1.82) is 0 Å². The third kappa shape index (κ3) is 4.89. The molecular weight excluding hydrogens is 372 g/mol. The number of ether oxygens (including phenoxy) is 2. The Hall–Kier alpha value is -2.78. The number of carbonyl (C=O) groups is 1. The molecule has 0 radical (unpaired) electrons. The zero-order chi connectivity index (χ0) is 20.0. The Morgan fingerprint density at radius 2 is 1.78 bits per heavy atom. The fraction of sp³-hybridized carbons (Fsp3) is 0.278. The third-order valence-corrected chi connectivity index (χ3v) is 5.39. The van der Waals surface area contributed by atoms with E-state index in [0.717, 1.165) is 11.6 Å². The molecule has 9 heteroatoms. The fourth-order valence-electron chi connectivity index (χ4n) is 2.52. The van der Waals surface area contributed by atoms with E-state index in [1.807, 2.05) is 12.1 Å². The van der Waals surface area contributed by atoms with Crippen molar-refractivity contribution < 1.29 is 27.8 Å². The summed E-state index contributed by atoms with van der Waals surface area (Å²) in [5, 5.41) is 12.4.